The van der Waals surface area contributed by atoms with Gasteiger partial charge in [-0.25, -0.2) is 9.59 Å². The lowest BCUT2D eigenvalue weighted by Crippen LogP contribution is -2.62. The standard InChI is InChI=1S/C16H29NO5/c1-11(2)17(14(20)22-15(3,4)5)16(13(18)19)9-7-12(21-6)8-10-16/h11-12H,7-10H2,1-6H3,(H,18,19). The number of ether oxygens (including phenoxy) is 2. The Morgan fingerprint density at radius 1 is 1.23 bits per heavy atom. The van der Waals surface area contributed by atoms with E-state index in [1.807, 2.05) is 13.8 Å². The summed E-state index contributed by atoms with van der Waals surface area (Å²) in [6.45, 7) is 8.96. The number of amides is 1. The molecule has 0 aromatic heterocycles. The molecule has 0 aromatic rings. The number of hydrogen-bond donors (Lipinski definition) is 1. The van der Waals surface area contributed by atoms with E-state index in [2.05, 4.69) is 0 Å². The van der Waals surface area contributed by atoms with Gasteiger partial charge in [0.2, 0.25) is 0 Å². The molecule has 6 heteroatoms. The molecular formula is C16H29NO5. The molecule has 0 radical (unpaired) electrons. The first-order chi connectivity index (χ1) is 10.0. The van der Waals surface area contributed by atoms with Crippen molar-refractivity contribution in [1.82, 2.24) is 4.90 Å². The van der Waals surface area contributed by atoms with Crippen LogP contribution in [0.15, 0.2) is 0 Å². The number of rotatable bonds is 4. The van der Waals surface area contributed by atoms with Crippen molar-refractivity contribution in [2.24, 2.45) is 0 Å². The summed E-state index contributed by atoms with van der Waals surface area (Å²) in [6.07, 6.45) is 1.47. The predicted molar refractivity (Wildman–Crippen MR) is 82.8 cm³/mol. The SMILES string of the molecule is COC1CCC(C(=O)O)(N(C(=O)OC(C)(C)C)C(C)C)CC1. The largest absolute Gasteiger partial charge is 0.479 e. The fourth-order valence-electron chi connectivity index (χ4n) is 3.05. The van der Waals surface area contributed by atoms with Crippen LogP contribution in [0.4, 0.5) is 4.79 Å². The monoisotopic (exact) mass is 315 g/mol. The van der Waals surface area contributed by atoms with Crippen LogP contribution in [0.2, 0.25) is 0 Å². The van der Waals surface area contributed by atoms with Gasteiger partial charge in [-0.05, 0) is 60.3 Å². The number of aliphatic carboxylic acids is 1. The lowest BCUT2D eigenvalue weighted by Gasteiger charge is -2.46. The van der Waals surface area contributed by atoms with E-state index in [1.165, 1.54) is 4.90 Å². The van der Waals surface area contributed by atoms with E-state index in [4.69, 9.17) is 9.47 Å². The Balaban J connectivity index is 3.09. The van der Waals surface area contributed by atoms with E-state index in [-0.39, 0.29) is 12.1 Å². The molecular weight excluding hydrogens is 286 g/mol. The van der Waals surface area contributed by atoms with E-state index in [0.29, 0.717) is 25.7 Å². The van der Waals surface area contributed by atoms with Crippen molar-refractivity contribution in [2.75, 3.05) is 7.11 Å². The van der Waals surface area contributed by atoms with Crippen molar-refractivity contribution < 1.29 is 24.2 Å². The van der Waals surface area contributed by atoms with Gasteiger partial charge in [0, 0.05) is 13.2 Å². The van der Waals surface area contributed by atoms with Crippen molar-refractivity contribution in [2.45, 2.75) is 83.6 Å². The van der Waals surface area contributed by atoms with Gasteiger partial charge in [0.15, 0.2) is 0 Å². The molecule has 1 saturated carbocycles. The van der Waals surface area contributed by atoms with Gasteiger partial charge in [-0.2, -0.15) is 0 Å². The molecule has 6 nitrogen and oxygen atoms in total. The summed E-state index contributed by atoms with van der Waals surface area (Å²) >= 11 is 0. The number of hydrogen-bond acceptors (Lipinski definition) is 4. The Bertz CT molecular complexity index is 405. The Morgan fingerprint density at radius 2 is 1.73 bits per heavy atom. The van der Waals surface area contributed by atoms with Gasteiger partial charge in [0.1, 0.15) is 11.1 Å². The molecule has 0 spiro atoms. The van der Waals surface area contributed by atoms with Gasteiger partial charge in [-0.3, -0.25) is 4.90 Å². The molecule has 0 saturated heterocycles. The number of carboxylic acids is 1. The highest BCUT2D eigenvalue weighted by Crippen LogP contribution is 2.37. The Kier molecular flexibility index (Phi) is 5.84. The van der Waals surface area contributed by atoms with Crippen molar-refractivity contribution in [3.8, 4) is 0 Å². The topological polar surface area (TPSA) is 76.1 Å². The highest BCUT2D eigenvalue weighted by atomic mass is 16.6. The second-order valence-corrected chi connectivity index (χ2v) is 7.22. The molecule has 1 aliphatic rings. The van der Waals surface area contributed by atoms with Crippen LogP contribution < -0.4 is 0 Å². The van der Waals surface area contributed by atoms with Gasteiger partial charge >= 0.3 is 12.1 Å². The average molecular weight is 315 g/mol. The molecule has 1 rings (SSSR count). The van der Waals surface area contributed by atoms with Crippen LogP contribution >= 0.6 is 0 Å². The van der Waals surface area contributed by atoms with Gasteiger partial charge in [0.05, 0.1) is 6.10 Å². The van der Waals surface area contributed by atoms with Crippen molar-refractivity contribution in [1.29, 1.82) is 0 Å². The van der Waals surface area contributed by atoms with Crippen LogP contribution in [0, 0.1) is 0 Å². The molecule has 0 heterocycles. The van der Waals surface area contributed by atoms with Gasteiger partial charge in [-0.15, -0.1) is 0 Å². The number of carboxylic acid groups (broad SMARTS) is 1. The van der Waals surface area contributed by atoms with Gasteiger partial charge in [0.25, 0.3) is 0 Å². The van der Waals surface area contributed by atoms with Crippen molar-refractivity contribution in [3.05, 3.63) is 0 Å². The van der Waals surface area contributed by atoms with Crippen LogP contribution in [-0.4, -0.2) is 52.5 Å². The van der Waals surface area contributed by atoms with E-state index >= 15 is 0 Å². The van der Waals surface area contributed by atoms with Crippen LogP contribution in [-0.2, 0) is 14.3 Å². The quantitative estimate of drug-likeness (QED) is 0.863. The second kappa shape index (κ2) is 6.86. The van der Waals surface area contributed by atoms with Crippen LogP contribution in [0.5, 0.6) is 0 Å². The second-order valence-electron chi connectivity index (χ2n) is 7.22. The summed E-state index contributed by atoms with van der Waals surface area (Å²) in [7, 11) is 1.63. The zero-order valence-corrected chi connectivity index (χ0v) is 14.5. The maximum absolute atomic E-state index is 12.6. The minimum Gasteiger partial charge on any atom is -0.479 e. The zero-order valence-electron chi connectivity index (χ0n) is 14.5. The first-order valence-corrected chi connectivity index (χ1v) is 7.82. The van der Waals surface area contributed by atoms with E-state index in [1.54, 1.807) is 27.9 Å². The molecule has 0 aliphatic heterocycles. The van der Waals surface area contributed by atoms with Crippen molar-refractivity contribution in [3.63, 3.8) is 0 Å². The molecule has 1 N–H and O–H groups in total. The minimum absolute atomic E-state index is 0.0557. The number of nitrogens with zero attached hydrogens (tertiary/aromatic N) is 1. The third kappa shape index (κ3) is 4.12. The Morgan fingerprint density at radius 3 is 2.05 bits per heavy atom. The lowest BCUT2D eigenvalue weighted by atomic mass is 9.78. The molecule has 22 heavy (non-hydrogen) atoms. The maximum atomic E-state index is 12.6. The summed E-state index contributed by atoms with van der Waals surface area (Å²) in [5.74, 6) is -0.971. The third-order valence-electron chi connectivity index (χ3n) is 4.06. The van der Waals surface area contributed by atoms with Gasteiger partial charge in [-0.1, -0.05) is 0 Å². The molecule has 0 aromatic carbocycles. The fourth-order valence-corrected chi connectivity index (χ4v) is 3.05. The van der Waals surface area contributed by atoms with E-state index in [0.717, 1.165) is 0 Å². The Hall–Kier alpha value is -1.30. The molecule has 1 fully saturated rings. The van der Waals surface area contributed by atoms with Gasteiger partial charge < -0.3 is 14.6 Å². The number of carbonyl (C=O) groups is 2. The number of methoxy groups -OCH3 is 1. The normalized spacial score (nSPS) is 25.9. The van der Waals surface area contributed by atoms with Crippen LogP contribution in [0.1, 0.15) is 60.3 Å². The Labute approximate surface area is 132 Å². The summed E-state index contributed by atoms with van der Waals surface area (Å²) in [5, 5.41) is 9.82. The molecule has 0 atom stereocenters. The smallest absolute Gasteiger partial charge is 0.411 e. The minimum atomic E-state index is -1.22. The summed E-state index contributed by atoms with van der Waals surface area (Å²) in [6, 6.07) is -0.259. The predicted octanol–water partition coefficient (Wildman–Crippen LogP) is 3.04. The molecule has 128 valence electrons. The maximum Gasteiger partial charge on any atom is 0.411 e. The molecule has 1 amide bonds. The molecule has 1 aliphatic carbocycles. The number of carbonyl (C=O) groups excluding carboxylic acids is 1. The molecule has 0 bridgehead atoms. The lowest BCUT2D eigenvalue weighted by molar-refractivity contribution is -0.157. The average Bonchev–Trinajstić information content (AvgIpc) is 2.36. The molecule has 0 unspecified atom stereocenters. The summed E-state index contributed by atoms with van der Waals surface area (Å²) < 4.78 is 10.8. The van der Waals surface area contributed by atoms with Crippen LogP contribution in [0.25, 0.3) is 0 Å². The van der Waals surface area contributed by atoms with Crippen LogP contribution in [0.3, 0.4) is 0 Å². The van der Waals surface area contributed by atoms with E-state index < -0.39 is 23.2 Å². The summed E-state index contributed by atoms with van der Waals surface area (Å²) in [4.78, 5) is 26.0. The first-order valence-electron chi connectivity index (χ1n) is 7.82. The zero-order chi connectivity index (χ0) is 17.1. The fraction of sp³-hybridized carbons (Fsp3) is 0.875. The highest BCUT2D eigenvalue weighted by Gasteiger charge is 2.51. The van der Waals surface area contributed by atoms with Crippen molar-refractivity contribution >= 4 is 12.1 Å². The highest BCUT2D eigenvalue weighted by molar-refractivity contribution is 5.85. The first kappa shape index (κ1) is 18.7. The third-order valence-corrected chi connectivity index (χ3v) is 4.06. The summed E-state index contributed by atoms with van der Waals surface area (Å²) in [5.41, 5.74) is -1.88. The van der Waals surface area contributed by atoms with E-state index in [9.17, 15) is 14.7 Å².